The molecule has 0 atom stereocenters. The van der Waals surface area contributed by atoms with E-state index in [1.807, 2.05) is 0 Å². The molecular formula is C21H17N3O7S. The maximum Gasteiger partial charge on any atom is 0.273 e. The molecule has 0 fully saturated rings. The number of hydrogen-bond acceptors (Lipinski definition) is 7. The fraction of sp³-hybridized carbons (Fsp3) is 0.0952. The molecule has 0 bridgehead atoms. The predicted molar refractivity (Wildman–Crippen MR) is 116 cm³/mol. The molecule has 0 saturated carbocycles. The average molecular weight is 455 g/mol. The fourth-order valence-corrected chi connectivity index (χ4v) is 4.11. The normalized spacial score (nSPS) is 12.3. The smallest absolute Gasteiger partial charge is 0.273 e. The van der Waals surface area contributed by atoms with Gasteiger partial charge < -0.3 is 14.8 Å². The molecule has 1 heterocycles. The van der Waals surface area contributed by atoms with Gasteiger partial charge in [0, 0.05) is 34.6 Å². The topological polar surface area (TPSA) is 137 Å². The molecule has 10 nitrogen and oxygen atoms in total. The van der Waals surface area contributed by atoms with Crippen LogP contribution in [0.1, 0.15) is 15.9 Å². The van der Waals surface area contributed by atoms with Crippen molar-refractivity contribution in [2.24, 2.45) is 0 Å². The van der Waals surface area contributed by atoms with Crippen molar-refractivity contribution in [3.05, 3.63) is 81.9 Å². The number of nitrogens with one attached hydrogen (secondary N) is 2. The van der Waals surface area contributed by atoms with Crippen LogP contribution in [0.5, 0.6) is 11.5 Å². The van der Waals surface area contributed by atoms with Crippen molar-refractivity contribution in [3.63, 3.8) is 0 Å². The summed E-state index contributed by atoms with van der Waals surface area (Å²) in [5, 5.41) is 13.8. The van der Waals surface area contributed by atoms with Crippen molar-refractivity contribution in [2.75, 3.05) is 16.8 Å². The van der Waals surface area contributed by atoms with Crippen molar-refractivity contribution < 1.29 is 27.6 Å². The zero-order valence-electron chi connectivity index (χ0n) is 16.7. The quantitative estimate of drug-likeness (QED) is 0.427. The maximum atomic E-state index is 12.6. The molecule has 0 aromatic heterocycles. The van der Waals surface area contributed by atoms with Crippen molar-refractivity contribution in [1.82, 2.24) is 0 Å². The predicted octanol–water partition coefficient (Wildman–Crippen LogP) is 3.69. The molecule has 2 N–H and O–H groups in total. The Kier molecular flexibility index (Phi) is 5.41. The Bertz CT molecular complexity index is 1320. The Morgan fingerprint density at radius 1 is 0.969 bits per heavy atom. The first-order chi connectivity index (χ1) is 15.2. The van der Waals surface area contributed by atoms with E-state index in [1.54, 1.807) is 18.2 Å². The molecule has 0 spiro atoms. The number of nitro benzene ring substituents is 1. The van der Waals surface area contributed by atoms with Crippen molar-refractivity contribution in [3.8, 4) is 11.5 Å². The van der Waals surface area contributed by atoms with E-state index in [0.717, 1.165) is 6.07 Å². The minimum absolute atomic E-state index is 0.125. The highest BCUT2D eigenvalue weighted by Gasteiger charge is 2.20. The van der Waals surface area contributed by atoms with Gasteiger partial charge in [-0.1, -0.05) is 6.07 Å². The molecule has 11 heteroatoms. The second-order valence-electron chi connectivity index (χ2n) is 6.91. The van der Waals surface area contributed by atoms with Crippen LogP contribution in [0.4, 0.5) is 17.1 Å². The number of sulfonamides is 1. The molecule has 4 rings (SSSR count). The molecule has 3 aromatic carbocycles. The number of ether oxygens (including phenoxy) is 2. The Labute approximate surface area is 183 Å². The second-order valence-corrected chi connectivity index (χ2v) is 8.59. The molecule has 0 aliphatic carbocycles. The summed E-state index contributed by atoms with van der Waals surface area (Å²) in [6.07, 6.45) is 0. The third-order valence-electron chi connectivity index (χ3n) is 4.72. The molecule has 1 aliphatic rings. The number of fused-ring (bicyclic) bond motifs is 1. The highest BCUT2D eigenvalue weighted by Crippen LogP contribution is 2.34. The van der Waals surface area contributed by atoms with Gasteiger partial charge in [0.25, 0.3) is 21.6 Å². The van der Waals surface area contributed by atoms with Crippen LogP contribution < -0.4 is 19.5 Å². The van der Waals surface area contributed by atoms with Gasteiger partial charge in [-0.2, -0.15) is 0 Å². The molecule has 0 radical (unpaired) electrons. The van der Waals surface area contributed by atoms with Gasteiger partial charge in [0.15, 0.2) is 11.5 Å². The van der Waals surface area contributed by atoms with E-state index in [-0.39, 0.29) is 23.1 Å². The Balaban J connectivity index is 1.47. The number of hydrogen-bond donors (Lipinski definition) is 2. The summed E-state index contributed by atoms with van der Waals surface area (Å²) in [5.41, 5.74) is 1.09. The number of nitro groups is 1. The van der Waals surface area contributed by atoms with Gasteiger partial charge in [-0.3, -0.25) is 19.6 Å². The van der Waals surface area contributed by atoms with Gasteiger partial charge in [0.2, 0.25) is 6.79 Å². The van der Waals surface area contributed by atoms with E-state index >= 15 is 0 Å². The van der Waals surface area contributed by atoms with Gasteiger partial charge in [-0.05, 0) is 49.4 Å². The highest BCUT2D eigenvalue weighted by atomic mass is 32.2. The van der Waals surface area contributed by atoms with Gasteiger partial charge in [-0.25, -0.2) is 8.42 Å². The molecule has 1 amide bonds. The van der Waals surface area contributed by atoms with Gasteiger partial charge >= 0.3 is 0 Å². The number of carbonyl (C=O) groups excluding carboxylic acids is 1. The Morgan fingerprint density at radius 2 is 1.66 bits per heavy atom. The van der Waals surface area contributed by atoms with Crippen LogP contribution in [0.2, 0.25) is 0 Å². The van der Waals surface area contributed by atoms with E-state index < -0.39 is 20.9 Å². The number of aryl methyl sites for hydroxylation is 1. The zero-order chi connectivity index (χ0) is 22.9. The molecule has 164 valence electrons. The summed E-state index contributed by atoms with van der Waals surface area (Å²) in [5.74, 6) is 0.731. The van der Waals surface area contributed by atoms with Crippen LogP contribution in [-0.4, -0.2) is 26.0 Å². The molecule has 32 heavy (non-hydrogen) atoms. The number of carbonyl (C=O) groups is 1. The number of nitrogens with zero attached hydrogens (tertiary/aromatic N) is 1. The van der Waals surface area contributed by atoms with E-state index in [4.69, 9.17) is 9.47 Å². The SMILES string of the molecule is Cc1ccc(S(=O)(=O)Nc2ccc(C(=O)Nc3ccc4c(c3)OCO4)cc2)cc1[N+](=O)[O-]. The van der Waals surface area contributed by atoms with E-state index in [2.05, 4.69) is 10.0 Å². The number of benzene rings is 3. The molecule has 3 aromatic rings. The monoisotopic (exact) mass is 455 g/mol. The lowest BCUT2D eigenvalue weighted by Crippen LogP contribution is -2.14. The van der Waals surface area contributed by atoms with Crippen molar-refractivity contribution >= 4 is 33.0 Å². The van der Waals surface area contributed by atoms with E-state index in [1.165, 1.54) is 43.3 Å². The third-order valence-corrected chi connectivity index (χ3v) is 6.10. The van der Waals surface area contributed by atoms with E-state index in [0.29, 0.717) is 28.3 Å². The number of rotatable bonds is 6. The number of amides is 1. The minimum atomic E-state index is -4.05. The van der Waals surface area contributed by atoms with Gasteiger partial charge in [0.1, 0.15) is 0 Å². The van der Waals surface area contributed by atoms with E-state index in [9.17, 15) is 23.3 Å². The summed E-state index contributed by atoms with van der Waals surface area (Å²) in [6.45, 7) is 1.65. The second kappa shape index (κ2) is 8.19. The first-order valence-electron chi connectivity index (χ1n) is 9.32. The molecule has 0 unspecified atom stereocenters. The standard InChI is InChI=1S/C21H17N3O7S/c1-13-2-8-17(11-18(13)24(26)27)32(28,29)23-15-5-3-14(4-6-15)21(25)22-16-7-9-19-20(10-16)31-12-30-19/h2-11,23H,12H2,1H3,(H,22,25). The minimum Gasteiger partial charge on any atom is -0.454 e. The largest absolute Gasteiger partial charge is 0.454 e. The summed E-state index contributed by atoms with van der Waals surface area (Å²) in [7, 11) is -4.05. The zero-order valence-corrected chi connectivity index (χ0v) is 17.5. The van der Waals surface area contributed by atoms with Crippen LogP contribution in [-0.2, 0) is 10.0 Å². The van der Waals surface area contributed by atoms with Crippen LogP contribution in [0.25, 0.3) is 0 Å². The highest BCUT2D eigenvalue weighted by molar-refractivity contribution is 7.92. The van der Waals surface area contributed by atoms with Crippen molar-refractivity contribution in [1.29, 1.82) is 0 Å². The third kappa shape index (κ3) is 4.32. The first-order valence-corrected chi connectivity index (χ1v) is 10.8. The van der Waals surface area contributed by atoms with Crippen LogP contribution in [0.15, 0.2) is 65.6 Å². The van der Waals surface area contributed by atoms with Crippen LogP contribution in [0.3, 0.4) is 0 Å². The maximum absolute atomic E-state index is 12.6. The summed E-state index contributed by atoms with van der Waals surface area (Å²) < 4.78 is 38.1. The van der Waals surface area contributed by atoms with Gasteiger partial charge in [-0.15, -0.1) is 0 Å². The Hall–Kier alpha value is -4.12. The number of anilines is 2. The summed E-state index contributed by atoms with van der Waals surface area (Å²) >= 11 is 0. The van der Waals surface area contributed by atoms with Crippen molar-refractivity contribution in [2.45, 2.75) is 11.8 Å². The van der Waals surface area contributed by atoms with Gasteiger partial charge in [0.05, 0.1) is 9.82 Å². The first kappa shape index (κ1) is 21.1. The Morgan fingerprint density at radius 3 is 2.38 bits per heavy atom. The lowest BCUT2D eigenvalue weighted by Gasteiger charge is -2.10. The van der Waals surface area contributed by atoms with Crippen LogP contribution >= 0.6 is 0 Å². The lowest BCUT2D eigenvalue weighted by atomic mass is 10.2. The summed E-state index contributed by atoms with van der Waals surface area (Å²) in [6, 6.07) is 14.4. The lowest BCUT2D eigenvalue weighted by molar-refractivity contribution is -0.385. The molecular weight excluding hydrogens is 438 g/mol. The fourth-order valence-electron chi connectivity index (χ4n) is 3.03. The van der Waals surface area contributed by atoms with Crippen LogP contribution in [0, 0.1) is 17.0 Å². The molecule has 1 aliphatic heterocycles. The summed E-state index contributed by atoms with van der Waals surface area (Å²) in [4.78, 5) is 22.7. The molecule has 0 saturated heterocycles. The average Bonchev–Trinajstić information content (AvgIpc) is 3.22.